The second-order valence-corrected chi connectivity index (χ2v) is 8.91. The van der Waals surface area contributed by atoms with Crippen molar-refractivity contribution in [3.8, 4) is 11.5 Å². The van der Waals surface area contributed by atoms with Crippen LogP contribution in [-0.4, -0.2) is 27.0 Å². The molecule has 1 aliphatic carbocycles. The number of phenols is 1. The number of aromatic amines is 1. The van der Waals surface area contributed by atoms with Crippen LogP contribution in [0.2, 0.25) is 0 Å². The van der Waals surface area contributed by atoms with Crippen LogP contribution in [0.15, 0.2) is 28.0 Å². The van der Waals surface area contributed by atoms with Crippen LogP contribution < -0.4 is 10.3 Å². The molecule has 0 bridgehead atoms. The number of hydrogen-bond acceptors (Lipinski definition) is 5. The first-order valence-electron chi connectivity index (χ1n) is 10.0. The number of rotatable bonds is 3. The average molecular weight is 402 g/mol. The van der Waals surface area contributed by atoms with Gasteiger partial charge in [0.15, 0.2) is 17.3 Å². The molecule has 0 radical (unpaired) electrons. The SMILES string of the molecule is COc1cc([C@@H]2SC(C)=Nc3c2c(=O)[nH]n3C2CCCCCCC2)ccc1O. The van der Waals surface area contributed by atoms with E-state index in [9.17, 15) is 9.90 Å². The van der Waals surface area contributed by atoms with Crippen LogP contribution in [-0.2, 0) is 0 Å². The average Bonchev–Trinajstić information content (AvgIpc) is 2.97. The van der Waals surface area contributed by atoms with Crippen LogP contribution in [0.25, 0.3) is 0 Å². The maximum atomic E-state index is 13.0. The summed E-state index contributed by atoms with van der Waals surface area (Å²) in [5.41, 5.74) is 1.55. The zero-order chi connectivity index (χ0) is 19.7. The summed E-state index contributed by atoms with van der Waals surface area (Å²) in [4.78, 5) is 17.7. The van der Waals surface area contributed by atoms with E-state index in [0.717, 1.165) is 29.3 Å². The molecule has 150 valence electrons. The molecule has 2 aromatic rings. The van der Waals surface area contributed by atoms with E-state index in [4.69, 9.17) is 9.73 Å². The number of nitrogens with zero attached hydrogens (tertiary/aromatic N) is 2. The van der Waals surface area contributed by atoms with Crippen LogP contribution in [0.4, 0.5) is 5.82 Å². The molecular weight excluding hydrogens is 374 g/mol. The van der Waals surface area contributed by atoms with E-state index in [1.54, 1.807) is 17.8 Å². The molecule has 1 saturated carbocycles. The molecule has 6 nitrogen and oxygen atoms in total. The molecule has 2 heterocycles. The summed E-state index contributed by atoms with van der Waals surface area (Å²) in [7, 11) is 1.53. The van der Waals surface area contributed by atoms with Gasteiger partial charge in [0.2, 0.25) is 0 Å². The summed E-state index contributed by atoms with van der Waals surface area (Å²) < 4.78 is 7.29. The van der Waals surface area contributed by atoms with Gasteiger partial charge in [0, 0.05) is 0 Å². The monoisotopic (exact) mass is 401 g/mol. The number of methoxy groups -OCH3 is 1. The lowest BCUT2D eigenvalue weighted by Crippen LogP contribution is -2.15. The van der Waals surface area contributed by atoms with Crippen molar-refractivity contribution in [1.82, 2.24) is 9.78 Å². The van der Waals surface area contributed by atoms with Crippen molar-refractivity contribution in [3.63, 3.8) is 0 Å². The first-order valence-corrected chi connectivity index (χ1v) is 10.9. The van der Waals surface area contributed by atoms with Gasteiger partial charge < -0.3 is 9.84 Å². The largest absolute Gasteiger partial charge is 0.504 e. The van der Waals surface area contributed by atoms with Gasteiger partial charge in [-0.2, -0.15) is 0 Å². The third-order valence-electron chi connectivity index (χ3n) is 5.70. The van der Waals surface area contributed by atoms with E-state index in [1.165, 1.54) is 39.2 Å². The highest BCUT2D eigenvalue weighted by atomic mass is 32.2. The van der Waals surface area contributed by atoms with Gasteiger partial charge in [0.25, 0.3) is 5.56 Å². The highest BCUT2D eigenvalue weighted by Crippen LogP contribution is 2.46. The molecule has 0 unspecified atom stereocenters. The first kappa shape index (κ1) is 19.2. The van der Waals surface area contributed by atoms with Crippen molar-refractivity contribution in [2.24, 2.45) is 4.99 Å². The normalized spacial score (nSPS) is 20.8. The minimum atomic E-state index is -0.166. The molecule has 1 aliphatic heterocycles. The molecule has 2 aliphatic rings. The maximum absolute atomic E-state index is 13.0. The van der Waals surface area contributed by atoms with E-state index in [0.29, 0.717) is 17.4 Å². The number of hydrogen-bond donors (Lipinski definition) is 2. The predicted molar refractivity (Wildman–Crippen MR) is 113 cm³/mol. The molecule has 1 aromatic carbocycles. The molecule has 7 heteroatoms. The van der Waals surface area contributed by atoms with Gasteiger partial charge in [-0.3, -0.25) is 14.6 Å². The van der Waals surface area contributed by atoms with Gasteiger partial charge in [-0.1, -0.05) is 49.9 Å². The molecule has 2 N–H and O–H groups in total. The van der Waals surface area contributed by atoms with Crippen molar-refractivity contribution in [3.05, 3.63) is 39.7 Å². The number of aromatic hydroxyl groups is 1. The Kier molecular flexibility index (Phi) is 5.53. The molecule has 4 rings (SSSR count). The number of benzene rings is 1. The summed E-state index contributed by atoms with van der Waals surface area (Å²) in [6, 6.07) is 5.58. The topological polar surface area (TPSA) is 79.6 Å². The molecule has 28 heavy (non-hydrogen) atoms. The van der Waals surface area contributed by atoms with E-state index in [2.05, 4.69) is 5.10 Å². The molecule has 1 atom stereocenters. The van der Waals surface area contributed by atoms with Gasteiger partial charge in [0.05, 0.1) is 29.0 Å². The summed E-state index contributed by atoms with van der Waals surface area (Å²) in [6.07, 6.45) is 8.38. The third kappa shape index (κ3) is 3.60. The lowest BCUT2D eigenvalue weighted by Gasteiger charge is -2.25. The minimum Gasteiger partial charge on any atom is -0.504 e. The summed E-state index contributed by atoms with van der Waals surface area (Å²) >= 11 is 1.57. The fourth-order valence-electron chi connectivity index (χ4n) is 4.26. The van der Waals surface area contributed by atoms with Crippen LogP contribution in [0.1, 0.15) is 74.3 Å². The summed E-state index contributed by atoms with van der Waals surface area (Å²) in [6.45, 7) is 1.98. The zero-order valence-electron chi connectivity index (χ0n) is 16.4. The summed E-state index contributed by atoms with van der Waals surface area (Å²) in [5.74, 6) is 1.28. The molecule has 1 aromatic heterocycles. The van der Waals surface area contributed by atoms with E-state index in [-0.39, 0.29) is 16.6 Å². The van der Waals surface area contributed by atoms with Crippen LogP contribution >= 0.6 is 11.8 Å². The lowest BCUT2D eigenvalue weighted by atomic mass is 9.96. The molecule has 0 amide bonds. The molecule has 1 fully saturated rings. The van der Waals surface area contributed by atoms with E-state index < -0.39 is 0 Å². The number of thioether (sulfide) groups is 1. The van der Waals surface area contributed by atoms with Gasteiger partial charge in [-0.25, -0.2) is 4.99 Å². The number of H-pyrrole nitrogens is 1. The van der Waals surface area contributed by atoms with Crippen molar-refractivity contribution < 1.29 is 9.84 Å². The van der Waals surface area contributed by atoms with E-state index in [1.807, 2.05) is 23.7 Å². The van der Waals surface area contributed by atoms with Crippen molar-refractivity contribution >= 4 is 22.6 Å². The van der Waals surface area contributed by atoms with Gasteiger partial charge >= 0.3 is 0 Å². The Balaban J connectivity index is 1.77. The van der Waals surface area contributed by atoms with Crippen molar-refractivity contribution in [1.29, 1.82) is 0 Å². The minimum absolute atomic E-state index is 0.0714. The maximum Gasteiger partial charge on any atom is 0.271 e. The number of phenolic OH excluding ortho intramolecular Hbond substituents is 1. The Morgan fingerprint density at radius 2 is 1.93 bits per heavy atom. The van der Waals surface area contributed by atoms with Crippen LogP contribution in [0.3, 0.4) is 0 Å². The third-order valence-corrected chi connectivity index (χ3v) is 6.87. The van der Waals surface area contributed by atoms with E-state index >= 15 is 0 Å². The van der Waals surface area contributed by atoms with Crippen LogP contribution in [0, 0.1) is 0 Å². The van der Waals surface area contributed by atoms with Crippen LogP contribution in [0.5, 0.6) is 11.5 Å². The predicted octanol–water partition coefficient (Wildman–Crippen LogP) is 5.06. The fourth-order valence-corrected chi connectivity index (χ4v) is 5.35. The molecule has 0 saturated heterocycles. The first-order chi connectivity index (χ1) is 13.6. The second kappa shape index (κ2) is 8.07. The Hall–Kier alpha value is -2.15. The molecule has 0 spiro atoms. The number of fused-ring (bicyclic) bond motifs is 1. The number of ether oxygens (including phenoxy) is 1. The quantitative estimate of drug-likeness (QED) is 0.753. The van der Waals surface area contributed by atoms with Gasteiger partial charge in [0.1, 0.15) is 0 Å². The lowest BCUT2D eigenvalue weighted by molar-refractivity contribution is 0.349. The van der Waals surface area contributed by atoms with Gasteiger partial charge in [-0.15, -0.1) is 0 Å². The summed E-state index contributed by atoms with van der Waals surface area (Å²) in [5, 5.41) is 13.8. The Bertz CT molecular complexity index is 939. The Morgan fingerprint density at radius 3 is 2.64 bits per heavy atom. The van der Waals surface area contributed by atoms with Crippen molar-refractivity contribution in [2.75, 3.05) is 7.11 Å². The highest BCUT2D eigenvalue weighted by Gasteiger charge is 2.32. The standard InChI is InChI=1S/C21H27N3O3S/c1-13-22-20-18(19(28-13)14-10-11-16(25)17(12-14)27-2)21(26)23-24(20)15-8-6-4-3-5-7-9-15/h10-12,15,19,25H,3-9H2,1-2H3,(H,23,26)/t19-/m0/s1. The Morgan fingerprint density at radius 1 is 1.21 bits per heavy atom. The number of aliphatic imine (C=N–C) groups is 1. The van der Waals surface area contributed by atoms with Crippen molar-refractivity contribution in [2.45, 2.75) is 63.2 Å². The zero-order valence-corrected chi connectivity index (χ0v) is 17.2. The number of nitrogens with one attached hydrogen (secondary N) is 1. The fraction of sp³-hybridized carbons (Fsp3) is 0.524. The number of aromatic nitrogens is 2. The Labute approximate surface area is 169 Å². The second-order valence-electron chi connectivity index (χ2n) is 7.61. The smallest absolute Gasteiger partial charge is 0.271 e. The molecular formula is C21H27N3O3S. The highest BCUT2D eigenvalue weighted by molar-refractivity contribution is 8.14. The van der Waals surface area contributed by atoms with Gasteiger partial charge in [-0.05, 0) is 37.5 Å².